The predicted molar refractivity (Wildman–Crippen MR) is 63.8 cm³/mol. The summed E-state index contributed by atoms with van der Waals surface area (Å²) in [6.45, 7) is 2.07. The molecular formula is C12H17N3O4. The molecular weight excluding hydrogens is 250 g/mol. The van der Waals surface area contributed by atoms with Gasteiger partial charge in [0.25, 0.3) is 5.82 Å². The van der Waals surface area contributed by atoms with Crippen molar-refractivity contribution in [2.24, 2.45) is 0 Å². The Balaban J connectivity index is 1.74. The summed E-state index contributed by atoms with van der Waals surface area (Å²) < 4.78 is 17.7. The lowest BCUT2D eigenvalue weighted by Gasteiger charge is -2.36. The molecule has 3 heterocycles. The first-order chi connectivity index (χ1) is 9.22. The van der Waals surface area contributed by atoms with Gasteiger partial charge < -0.3 is 14.2 Å². The minimum absolute atomic E-state index is 0.103. The van der Waals surface area contributed by atoms with E-state index in [0.717, 1.165) is 25.9 Å². The van der Waals surface area contributed by atoms with E-state index < -0.39 is 5.97 Å². The number of ether oxygens (including phenoxy) is 3. The maximum Gasteiger partial charge on any atom is 0.377 e. The van der Waals surface area contributed by atoms with E-state index in [-0.39, 0.29) is 17.5 Å². The van der Waals surface area contributed by atoms with Gasteiger partial charge in [0.2, 0.25) is 0 Å². The van der Waals surface area contributed by atoms with Gasteiger partial charge in [-0.3, -0.25) is 0 Å². The van der Waals surface area contributed by atoms with Gasteiger partial charge in [-0.2, -0.15) is 0 Å². The highest BCUT2D eigenvalue weighted by Crippen LogP contribution is 2.37. The van der Waals surface area contributed by atoms with E-state index in [2.05, 4.69) is 14.8 Å². The molecule has 0 bridgehead atoms. The average molecular weight is 267 g/mol. The number of carbonyl (C=O) groups is 1. The molecule has 1 aromatic rings. The molecule has 0 aliphatic carbocycles. The third kappa shape index (κ3) is 2.35. The number of hydrogen-bond donors (Lipinski definition) is 0. The van der Waals surface area contributed by atoms with Crippen LogP contribution in [0.3, 0.4) is 0 Å². The monoisotopic (exact) mass is 267 g/mol. The lowest BCUT2D eigenvalue weighted by molar-refractivity contribution is -0.0963. The lowest BCUT2D eigenvalue weighted by atomic mass is 9.90. The van der Waals surface area contributed by atoms with Crippen molar-refractivity contribution in [2.75, 3.05) is 26.9 Å². The van der Waals surface area contributed by atoms with Crippen molar-refractivity contribution in [1.82, 2.24) is 14.8 Å². The van der Waals surface area contributed by atoms with Crippen molar-refractivity contribution >= 4 is 5.97 Å². The molecule has 7 heteroatoms. The Hall–Kier alpha value is -1.47. The summed E-state index contributed by atoms with van der Waals surface area (Å²) in [7, 11) is 1.32. The lowest BCUT2D eigenvalue weighted by Crippen LogP contribution is -2.41. The van der Waals surface area contributed by atoms with Gasteiger partial charge in [-0.25, -0.2) is 14.5 Å². The summed E-state index contributed by atoms with van der Waals surface area (Å²) in [5.74, 6) is -0.407. The molecule has 0 N–H and O–H groups in total. The van der Waals surface area contributed by atoms with Gasteiger partial charge >= 0.3 is 5.97 Å². The third-order valence-corrected chi connectivity index (χ3v) is 3.78. The molecule has 0 saturated carbocycles. The van der Waals surface area contributed by atoms with Crippen molar-refractivity contribution in [1.29, 1.82) is 0 Å². The highest BCUT2D eigenvalue weighted by molar-refractivity contribution is 5.84. The van der Waals surface area contributed by atoms with E-state index in [1.54, 1.807) is 11.0 Å². The number of nitrogens with zero attached hydrogens (tertiary/aromatic N) is 3. The Bertz CT molecular complexity index is 467. The normalized spacial score (nSPS) is 30.7. The number of methoxy groups -OCH3 is 1. The van der Waals surface area contributed by atoms with Crippen LogP contribution in [0.5, 0.6) is 0 Å². The summed E-state index contributed by atoms with van der Waals surface area (Å²) in [5.41, 5.74) is -0.180. The Morgan fingerprint density at radius 3 is 3.21 bits per heavy atom. The minimum Gasteiger partial charge on any atom is -0.463 e. The standard InChI is InChI=1S/C12H17N3O4/c1-17-11(16)10-13-8-15(14-10)9-2-4-19-12(6-9)3-5-18-7-12/h8-9H,2-7H2,1H3. The van der Waals surface area contributed by atoms with Gasteiger partial charge in [-0.15, -0.1) is 5.10 Å². The van der Waals surface area contributed by atoms with Crippen LogP contribution >= 0.6 is 0 Å². The predicted octanol–water partition coefficient (Wildman–Crippen LogP) is 0.575. The van der Waals surface area contributed by atoms with Gasteiger partial charge in [0.15, 0.2) is 0 Å². The van der Waals surface area contributed by atoms with E-state index in [1.807, 2.05) is 0 Å². The quantitative estimate of drug-likeness (QED) is 0.729. The number of hydrogen-bond acceptors (Lipinski definition) is 6. The van der Waals surface area contributed by atoms with Gasteiger partial charge in [0, 0.05) is 26.1 Å². The Kier molecular flexibility index (Phi) is 3.24. The van der Waals surface area contributed by atoms with E-state index in [9.17, 15) is 4.79 Å². The molecule has 104 valence electrons. The zero-order valence-electron chi connectivity index (χ0n) is 10.9. The van der Waals surface area contributed by atoms with Gasteiger partial charge in [-0.05, 0) is 6.42 Å². The molecule has 0 amide bonds. The summed E-state index contributed by atoms with van der Waals surface area (Å²) in [4.78, 5) is 15.3. The van der Waals surface area contributed by atoms with E-state index in [1.165, 1.54) is 7.11 Å². The second-order valence-corrected chi connectivity index (χ2v) is 5.02. The SMILES string of the molecule is COC(=O)c1ncn(C2CCOC3(CCOC3)C2)n1. The van der Waals surface area contributed by atoms with Crippen LogP contribution in [0.1, 0.15) is 35.9 Å². The fourth-order valence-corrected chi connectivity index (χ4v) is 2.73. The first-order valence-corrected chi connectivity index (χ1v) is 6.44. The average Bonchev–Trinajstić information content (AvgIpc) is 3.08. The largest absolute Gasteiger partial charge is 0.463 e. The first kappa shape index (κ1) is 12.6. The maximum absolute atomic E-state index is 11.4. The minimum atomic E-state index is -0.510. The van der Waals surface area contributed by atoms with E-state index in [4.69, 9.17) is 9.47 Å². The number of carbonyl (C=O) groups excluding carboxylic acids is 1. The van der Waals surface area contributed by atoms with Crippen LogP contribution in [-0.4, -0.2) is 53.3 Å². The van der Waals surface area contributed by atoms with Crippen LogP contribution in [0.15, 0.2) is 6.33 Å². The van der Waals surface area contributed by atoms with Gasteiger partial charge in [-0.1, -0.05) is 0 Å². The van der Waals surface area contributed by atoms with Crippen LogP contribution in [-0.2, 0) is 14.2 Å². The smallest absolute Gasteiger partial charge is 0.377 e. The molecule has 7 nitrogen and oxygen atoms in total. The van der Waals surface area contributed by atoms with Crippen LogP contribution in [0.2, 0.25) is 0 Å². The van der Waals surface area contributed by atoms with Crippen LogP contribution < -0.4 is 0 Å². The molecule has 2 aliphatic heterocycles. The van der Waals surface area contributed by atoms with Crippen LogP contribution in [0.4, 0.5) is 0 Å². The highest BCUT2D eigenvalue weighted by Gasteiger charge is 2.41. The van der Waals surface area contributed by atoms with Crippen LogP contribution in [0, 0.1) is 0 Å². The fourth-order valence-electron chi connectivity index (χ4n) is 2.73. The summed E-state index contributed by atoms with van der Waals surface area (Å²) in [6.07, 6.45) is 4.22. The molecule has 2 atom stereocenters. The molecule has 0 aromatic carbocycles. The molecule has 3 rings (SSSR count). The zero-order valence-corrected chi connectivity index (χ0v) is 10.9. The molecule has 2 saturated heterocycles. The Labute approximate surface area is 110 Å². The molecule has 0 radical (unpaired) electrons. The highest BCUT2D eigenvalue weighted by atomic mass is 16.6. The molecule has 2 aliphatic rings. The van der Waals surface area contributed by atoms with E-state index in [0.29, 0.717) is 13.2 Å². The van der Waals surface area contributed by atoms with Crippen molar-refractivity contribution in [3.05, 3.63) is 12.2 Å². The number of aromatic nitrogens is 3. The fraction of sp³-hybridized carbons (Fsp3) is 0.750. The third-order valence-electron chi connectivity index (χ3n) is 3.78. The maximum atomic E-state index is 11.4. The summed E-state index contributed by atoms with van der Waals surface area (Å²) >= 11 is 0. The zero-order chi connectivity index (χ0) is 13.3. The number of rotatable bonds is 2. The molecule has 1 spiro atoms. The molecule has 2 unspecified atom stereocenters. The topological polar surface area (TPSA) is 75.5 Å². The van der Waals surface area contributed by atoms with Gasteiger partial charge in [0.1, 0.15) is 6.33 Å². The van der Waals surface area contributed by atoms with Crippen molar-refractivity contribution in [3.63, 3.8) is 0 Å². The second-order valence-electron chi connectivity index (χ2n) is 5.02. The molecule has 1 aromatic heterocycles. The van der Waals surface area contributed by atoms with Crippen molar-refractivity contribution in [2.45, 2.75) is 30.9 Å². The van der Waals surface area contributed by atoms with Crippen LogP contribution in [0.25, 0.3) is 0 Å². The molecule has 19 heavy (non-hydrogen) atoms. The van der Waals surface area contributed by atoms with Crippen molar-refractivity contribution in [3.8, 4) is 0 Å². The van der Waals surface area contributed by atoms with E-state index >= 15 is 0 Å². The number of esters is 1. The van der Waals surface area contributed by atoms with Gasteiger partial charge in [0.05, 0.1) is 25.4 Å². The Morgan fingerprint density at radius 1 is 1.58 bits per heavy atom. The summed E-state index contributed by atoms with van der Waals surface area (Å²) in [5, 5.41) is 4.19. The second kappa shape index (κ2) is 4.90. The molecule has 2 fully saturated rings. The van der Waals surface area contributed by atoms with Crippen molar-refractivity contribution < 1.29 is 19.0 Å². The summed E-state index contributed by atoms with van der Waals surface area (Å²) in [6, 6.07) is 0.196. The Morgan fingerprint density at radius 2 is 2.47 bits per heavy atom. The first-order valence-electron chi connectivity index (χ1n) is 6.44.